The van der Waals surface area contributed by atoms with Crippen LogP contribution in [0.5, 0.6) is 0 Å². The molecular weight excluding hydrogens is 190 g/mol. The summed E-state index contributed by atoms with van der Waals surface area (Å²) in [6.07, 6.45) is 2.61. The highest BCUT2D eigenvalue weighted by Crippen LogP contribution is 2.34. The van der Waals surface area contributed by atoms with Crippen LogP contribution in [0.3, 0.4) is 0 Å². The topological polar surface area (TPSA) is 26.0 Å². The Morgan fingerprint density at radius 3 is 2.64 bits per heavy atom. The van der Waals surface area contributed by atoms with Crippen LogP contribution in [0.2, 0.25) is 0 Å². The second kappa shape index (κ2) is 4.37. The maximum atomic E-state index is 6.23. The lowest BCUT2D eigenvalue weighted by atomic mass is 10.0. The third-order valence-electron chi connectivity index (χ3n) is 2.83. The summed E-state index contributed by atoms with van der Waals surface area (Å²) < 4.78 is 0. The number of benzene rings is 1. The van der Waals surface area contributed by atoms with E-state index in [2.05, 4.69) is 31.2 Å². The van der Waals surface area contributed by atoms with Gasteiger partial charge in [-0.05, 0) is 31.1 Å². The van der Waals surface area contributed by atoms with Crippen LogP contribution in [-0.2, 0) is 0 Å². The van der Waals surface area contributed by atoms with E-state index in [1.54, 1.807) is 0 Å². The zero-order valence-corrected chi connectivity index (χ0v) is 9.39. The number of hydrogen-bond donors (Lipinski definition) is 1. The molecule has 1 aliphatic heterocycles. The Bertz CT molecular complexity index is 288. The minimum atomic E-state index is 0.225. The van der Waals surface area contributed by atoms with Crippen molar-refractivity contribution in [3.8, 4) is 0 Å². The molecule has 1 fully saturated rings. The number of thioether (sulfide) groups is 1. The minimum absolute atomic E-state index is 0.225. The highest BCUT2D eigenvalue weighted by Gasteiger charge is 2.23. The summed E-state index contributed by atoms with van der Waals surface area (Å²) in [5.41, 5.74) is 8.82. The molecule has 2 rings (SSSR count). The van der Waals surface area contributed by atoms with Gasteiger partial charge in [0.15, 0.2) is 0 Å². The quantitative estimate of drug-likeness (QED) is 0.807. The summed E-state index contributed by atoms with van der Waals surface area (Å²) >= 11 is 2.02. The van der Waals surface area contributed by atoms with Gasteiger partial charge >= 0.3 is 0 Å². The Hall–Kier alpha value is -0.470. The molecule has 0 saturated carbocycles. The lowest BCUT2D eigenvalue weighted by Gasteiger charge is -2.18. The molecule has 1 nitrogen and oxygen atoms in total. The number of aryl methyl sites for hydroxylation is 1. The molecule has 0 spiro atoms. The van der Waals surface area contributed by atoms with E-state index in [4.69, 9.17) is 5.73 Å². The van der Waals surface area contributed by atoms with Gasteiger partial charge < -0.3 is 5.73 Å². The normalized spacial score (nSPS) is 23.7. The molecule has 76 valence electrons. The van der Waals surface area contributed by atoms with Gasteiger partial charge in [-0.2, -0.15) is 11.8 Å². The van der Waals surface area contributed by atoms with Gasteiger partial charge in [0.1, 0.15) is 0 Å². The summed E-state index contributed by atoms with van der Waals surface area (Å²) in [7, 11) is 0. The first-order chi connectivity index (χ1) is 6.77. The smallest absolute Gasteiger partial charge is 0.0415 e. The first-order valence-electron chi connectivity index (χ1n) is 5.21. The number of rotatable bonds is 2. The fourth-order valence-corrected chi connectivity index (χ4v) is 3.22. The van der Waals surface area contributed by atoms with Crippen molar-refractivity contribution in [3.05, 3.63) is 35.4 Å². The van der Waals surface area contributed by atoms with E-state index in [1.807, 2.05) is 11.8 Å². The number of hydrogen-bond acceptors (Lipinski definition) is 2. The molecule has 2 N–H and O–H groups in total. The van der Waals surface area contributed by atoms with Crippen molar-refractivity contribution in [2.45, 2.75) is 31.1 Å². The predicted molar refractivity (Wildman–Crippen MR) is 63.6 cm³/mol. The van der Waals surface area contributed by atoms with Gasteiger partial charge in [-0.25, -0.2) is 0 Å². The highest BCUT2D eigenvalue weighted by molar-refractivity contribution is 8.00. The van der Waals surface area contributed by atoms with Crippen LogP contribution in [-0.4, -0.2) is 11.0 Å². The van der Waals surface area contributed by atoms with Crippen LogP contribution in [0.25, 0.3) is 0 Å². The molecule has 1 aliphatic rings. The molecule has 1 aromatic rings. The standard InChI is InChI=1S/C12H17NS/c1-9-4-6-10(7-5-9)12(13)11-3-2-8-14-11/h4-7,11-12H,2-3,8,13H2,1H3. The zero-order chi connectivity index (χ0) is 9.97. The van der Waals surface area contributed by atoms with Crippen LogP contribution in [0, 0.1) is 6.92 Å². The molecule has 1 saturated heterocycles. The van der Waals surface area contributed by atoms with Gasteiger partial charge in [0.2, 0.25) is 0 Å². The lowest BCUT2D eigenvalue weighted by Crippen LogP contribution is -2.21. The molecule has 2 unspecified atom stereocenters. The predicted octanol–water partition coefficient (Wildman–Crippen LogP) is 2.89. The maximum absolute atomic E-state index is 6.23. The van der Waals surface area contributed by atoms with Crippen molar-refractivity contribution in [1.29, 1.82) is 0 Å². The van der Waals surface area contributed by atoms with Gasteiger partial charge in [-0.1, -0.05) is 29.8 Å². The molecule has 0 aliphatic carbocycles. The molecule has 1 heterocycles. The van der Waals surface area contributed by atoms with Crippen molar-refractivity contribution in [2.75, 3.05) is 5.75 Å². The zero-order valence-electron chi connectivity index (χ0n) is 8.57. The number of nitrogens with two attached hydrogens (primary N) is 1. The monoisotopic (exact) mass is 207 g/mol. The SMILES string of the molecule is Cc1ccc(C(N)C2CCCS2)cc1. The fourth-order valence-electron chi connectivity index (χ4n) is 1.89. The van der Waals surface area contributed by atoms with E-state index in [0.717, 1.165) is 0 Å². The van der Waals surface area contributed by atoms with Gasteiger partial charge in [-0.3, -0.25) is 0 Å². The molecule has 0 aromatic heterocycles. The summed E-state index contributed by atoms with van der Waals surface area (Å²) in [4.78, 5) is 0. The van der Waals surface area contributed by atoms with E-state index in [0.29, 0.717) is 5.25 Å². The molecule has 1 aromatic carbocycles. The van der Waals surface area contributed by atoms with E-state index in [-0.39, 0.29) is 6.04 Å². The first kappa shape index (κ1) is 10.1. The van der Waals surface area contributed by atoms with Crippen LogP contribution >= 0.6 is 11.8 Å². The largest absolute Gasteiger partial charge is 0.323 e. The van der Waals surface area contributed by atoms with Gasteiger partial charge in [0.25, 0.3) is 0 Å². The van der Waals surface area contributed by atoms with E-state index in [1.165, 1.54) is 29.7 Å². The van der Waals surface area contributed by atoms with E-state index in [9.17, 15) is 0 Å². The Balaban J connectivity index is 2.09. The van der Waals surface area contributed by atoms with Crippen molar-refractivity contribution >= 4 is 11.8 Å². The molecule has 2 heteroatoms. The van der Waals surface area contributed by atoms with Gasteiger partial charge in [0, 0.05) is 11.3 Å². The third-order valence-corrected chi connectivity index (χ3v) is 4.31. The van der Waals surface area contributed by atoms with Crippen molar-refractivity contribution in [2.24, 2.45) is 5.73 Å². The van der Waals surface area contributed by atoms with Crippen LogP contribution < -0.4 is 5.73 Å². The van der Waals surface area contributed by atoms with E-state index < -0.39 is 0 Å². The highest BCUT2D eigenvalue weighted by atomic mass is 32.2. The lowest BCUT2D eigenvalue weighted by molar-refractivity contribution is 0.645. The summed E-state index contributed by atoms with van der Waals surface area (Å²) in [6.45, 7) is 2.11. The second-order valence-corrected chi connectivity index (χ2v) is 5.34. The average molecular weight is 207 g/mol. The second-order valence-electron chi connectivity index (χ2n) is 3.99. The maximum Gasteiger partial charge on any atom is 0.0415 e. The molecule has 0 bridgehead atoms. The minimum Gasteiger partial charge on any atom is -0.323 e. The molecule has 2 atom stereocenters. The molecule has 14 heavy (non-hydrogen) atoms. The van der Waals surface area contributed by atoms with Gasteiger partial charge in [0.05, 0.1) is 0 Å². The average Bonchev–Trinajstić information content (AvgIpc) is 2.71. The molecule has 0 radical (unpaired) electrons. The van der Waals surface area contributed by atoms with Crippen LogP contribution in [0.15, 0.2) is 24.3 Å². The fraction of sp³-hybridized carbons (Fsp3) is 0.500. The van der Waals surface area contributed by atoms with Crippen LogP contribution in [0.1, 0.15) is 30.0 Å². The van der Waals surface area contributed by atoms with Crippen LogP contribution in [0.4, 0.5) is 0 Å². The van der Waals surface area contributed by atoms with E-state index >= 15 is 0 Å². The Labute approximate surface area is 90.1 Å². The first-order valence-corrected chi connectivity index (χ1v) is 6.26. The molecular formula is C12H17NS. The Morgan fingerprint density at radius 2 is 2.07 bits per heavy atom. The summed E-state index contributed by atoms with van der Waals surface area (Å²) in [5, 5.41) is 0.637. The molecule has 0 amide bonds. The van der Waals surface area contributed by atoms with Crippen molar-refractivity contribution < 1.29 is 0 Å². The van der Waals surface area contributed by atoms with Crippen molar-refractivity contribution in [3.63, 3.8) is 0 Å². The summed E-state index contributed by atoms with van der Waals surface area (Å²) in [6, 6.07) is 8.85. The van der Waals surface area contributed by atoms with Gasteiger partial charge in [-0.15, -0.1) is 0 Å². The summed E-state index contributed by atoms with van der Waals surface area (Å²) in [5.74, 6) is 1.28. The third kappa shape index (κ3) is 2.12. The Morgan fingerprint density at radius 1 is 1.36 bits per heavy atom. The Kier molecular flexibility index (Phi) is 3.14. The van der Waals surface area contributed by atoms with Crippen molar-refractivity contribution in [1.82, 2.24) is 0 Å².